The zero-order chi connectivity index (χ0) is 13.0. The number of carbonyl (C=O) groups excluding carboxylic acids is 1. The molecule has 0 saturated heterocycles. The number of rotatable bonds is 5. The van der Waals surface area contributed by atoms with Gasteiger partial charge in [-0.05, 0) is 24.6 Å². The maximum Gasteiger partial charge on any atom is 0.171 e. The SMILES string of the molecule is CC(=O)c1sc(CNCc2ccncc2)nc1C. The van der Waals surface area contributed by atoms with Crippen molar-refractivity contribution in [3.8, 4) is 0 Å². The van der Waals surface area contributed by atoms with Gasteiger partial charge in [-0.15, -0.1) is 11.3 Å². The van der Waals surface area contributed by atoms with Crippen LogP contribution in [-0.4, -0.2) is 15.8 Å². The van der Waals surface area contributed by atoms with Crippen LogP contribution < -0.4 is 5.32 Å². The second-order valence-electron chi connectivity index (χ2n) is 4.04. The van der Waals surface area contributed by atoms with Gasteiger partial charge in [0, 0.05) is 32.4 Å². The smallest absolute Gasteiger partial charge is 0.171 e. The van der Waals surface area contributed by atoms with Crippen LogP contribution in [0.2, 0.25) is 0 Å². The maximum atomic E-state index is 11.3. The Labute approximate surface area is 110 Å². The molecule has 0 saturated carbocycles. The number of aryl methyl sites for hydroxylation is 1. The Morgan fingerprint density at radius 2 is 2.06 bits per heavy atom. The fourth-order valence-corrected chi connectivity index (χ4v) is 2.60. The van der Waals surface area contributed by atoms with Crippen molar-refractivity contribution in [2.75, 3.05) is 0 Å². The number of Topliss-reactive ketones (excluding diaryl/α,β-unsaturated/α-hetero) is 1. The summed E-state index contributed by atoms with van der Waals surface area (Å²) in [6, 6.07) is 3.95. The van der Waals surface area contributed by atoms with Gasteiger partial charge >= 0.3 is 0 Å². The molecular weight excluding hydrogens is 246 g/mol. The normalized spacial score (nSPS) is 10.6. The van der Waals surface area contributed by atoms with Gasteiger partial charge in [0.15, 0.2) is 5.78 Å². The van der Waals surface area contributed by atoms with E-state index in [0.29, 0.717) is 6.54 Å². The molecule has 2 aromatic rings. The van der Waals surface area contributed by atoms with Crippen LogP contribution in [0.5, 0.6) is 0 Å². The molecule has 18 heavy (non-hydrogen) atoms. The van der Waals surface area contributed by atoms with E-state index in [1.165, 1.54) is 16.9 Å². The monoisotopic (exact) mass is 261 g/mol. The molecule has 0 aliphatic carbocycles. The summed E-state index contributed by atoms with van der Waals surface area (Å²) in [7, 11) is 0. The van der Waals surface area contributed by atoms with Gasteiger partial charge in [-0.1, -0.05) is 0 Å². The van der Waals surface area contributed by atoms with Crippen molar-refractivity contribution < 1.29 is 4.79 Å². The molecule has 0 fully saturated rings. The van der Waals surface area contributed by atoms with E-state index in [1.54, 1.807) is 19.3 Å². The Morgan fingerprint density at radius 3 is 2.67 bits per heavy atom. The Hall–Kier alpha value is -1.59. The Balaban J connectivity index is 1.91. The van der Waals surface area contributed by atoms with E-state index in [2.05, 4.69) is 15.3 Å². The second kappa shape index (κ2) is 5.84. The zero-order valence-corrected chi connectivity index (χ0v) is 11.3. The number of carbonyl (C=O) groups is 1. The summed E-state index contributed by atoms with van der Waals surface area (Å²) in [6.07, 6.45) is 3.55. The summed E-state index contributed by atoms with van der Waals surface area (Å²) in [6.45, 7) is 4.91. The van der Waals surface area contributed by atoms with Crippen LogP contribution in [0.15, 0.2) is 24.5 Å². The fraction of sp³-hybridized carbons (Fsp3) is 0.308. The highest BCUT2D eigenvalue weighted by atomic mass is 32.1. The molecule has 0 radical (unpaired) electrons. The first-order valence-electron chi connectivity index (χ1n) is 5.73. The molecule has 2 rings (SSSR count). The van der Waals surface area contributed by atoms with Gasteiger partial charge in [0.2, 0.25) is 0 Å². The predicted octanol–water partition coefficient (Wildman–Crippen LogP) is 2.34. The number of nitrogens with one attached hydrogen (secondary N) is 1. The highest BCUT2D eigenvalue weighted by molar-refractivity contribution is 7.13. The van der Waals surface area contributed by atoms with Crippen molar-refractivity contribution in [3.63, 3.8) is 0 Å². The molecule has 94 valence electrons. The molecular formula is C13H15N3OS. The summed E-state index contributed by atoms with van der Waals surface area (Å²) in [4.78, 5) is 20.4. The van der Waals surface area contributed by atoms with Gasteiger partial charge in [0.25, 0.3) is 0 Å². The lowest BCUT2D eigenvalue weighted by Crippen LogP contribution is -2.12. The number of thiazole rings is 1. The molecule has 0 aliphatic heterocycles. The molecule has 1 N–H and O–H groups in total. The largest absolute Gasteiger partial charge is 0.306 e. The molecule has 0 aliphatic rings. The van der Waals surface area contributed by atoms with Gasteiger partial charge in [-0.2, -0.15) is 0 Å². The highest BCUT2D eigenvalue weighted by Gasteiger charge is 2.10. The van der Waals surface area contributed by atoms with Crippen LogP contribution in [0.25, 0.3) is 0 Å². The minimum Gasteiger partial charge on any atom is -0.306 e. The number of aromatic nitrogens is 2. The van der Waals surface area contributed by atoms with E-state index >= 15 is 0 Å². The topological polar surface area (TPSA) is 54.9 Å². The third-order valence-electron chi connectivity index (χ3n) is 2.52. The molecule has 0 unspecified atom stereocenters. The van der Waals surface area contributed by atoms with Crippen LogP contribution >= 0.6 is 11.3 Å². The van der Waals surface area contributed by atoms with Gasteiger partial charge in [0.1, 0.15) is 5.01 Å². The van der Waals surface area contributed by atoms with Gasteiger partial charge < -0.3 is 5.32 Å². The highest BCUT2D eigenvalue weighted by Crippen LogP contribution is 2.18. The Kier molecular flexibility index (Phi) is 4.17. The molecule has 5 heteroatoms. The van der Waals surface area contributed by atoms with Crippen molar-refractivity contribution >= 4 is 17.1 Å². The Morgan fingerprint density at radius 1 is 1.33 bits per heavy atom. The van der Waals surface area contributed by atoms with Crippen LogP contribution in [-0.2, 0) is 13.1 Å². The van der Waals surface area contributed by atoms with Crippen molar-refractivity contribution in [3.05, 3.63) is 45.7 Å². The average Bonchev–Trinajstić information content (AvgIpc) is 2.72. The van der Waals surface area contributed by atoms with E-state index in [4.69, 9.17) is 0 Å². The molecule has 0 bridgehead atoms. The lowest BCUT2D eigenvalue weighted by atomic mass is 10.3. The van der Waals surface area contributed by atoms with Gasteiger partial charge in [-0.3, -0.25) is 9.78 Å². The van der Waals surface area contributed by atoms with E-state index < -0.39 is 0 Å². The first-order chi connectivity index (χ1) is 8.66. The number of ketones is 1. The second-order valence-corrected chi connectivity index (χ2v) is 5.12. The van der Waals surface area contributed by atoms with E-state index in [9.17, 15) is 4.79 Å². The molecule has 0 aromatic carbocycles. The molecule has 0 spiro atoms. The van der Waals surface area contributed by atoms with Crippen molar-refractivity contribution in [2.45, 2.75) is 26.9 Å². The molecule has 2 heterocycles. The predicted molar refractivity (Wildman–Crippen MR) is 71.6 cm³/mol. The van der Waals surface area contributed by atoms with Crippen LogP contribution in [0.4, 0.5) is 0 Å². The lowest BCUT2D eigenvalue weighted by molar-refractivity contribution is 0.102. The van der Waals surface area contributed by atoms with E-state index in [-0.39, 0.29) is 5.78 Å². The third-order valence-corrected chi connectivity index (χ3v) is 3.77. The average molecular weight is 261 g/mol. The summed E-state index contributed by atoms with van der Waals surface area (Å²) >= 11 is 1.47. The molecule has 0 amide bonds. The summed E-state index contributed by atoms with van der Waals surface area (Å²) in [5.74, 6) is 0.0883. The minimum absolute atomic E-state index is 0.0883. The molecule has 2 aromatic heterocycles. The fourth-order valence-electron chi connectivity index (χ4n) is 1.67. The lowest BCUT2D eigenvalue weighted by Gasteiger charge is -2.01. The van der Waals surface area contributed by atoms with Crippen molar-refractivity contribution in [2.24, 2.45) is 0 Å². The van der Waals surface area contributed by atoms with Crippen LogP contribution in [0.1, 0.15) is 32.9 Å². The van der Waals surface area contributed by atoms with Gasteiger partial charge in [0.05, 0.1) is 10.6 Å². The summed E-state index contributed by atoms with van der Waals surface area (Å²) in [5.41, 5.74) is 2.01. The third kappa shape index (κ3) is 3.21. The van der Waals surface area contributed by atoms with Gasteiger partial charge in [-0.25, -0.2) is 4.98 Å². The zero-order valence-electron chi connectivity index (χ0n) is 10.4. The molecule has 4 nitrogen and oxygen atoms in total. The number of nitrogens with zero attached hydrogens (tertiary/aromatic N) is 2. The van der Waals surface area contributed by atoms with E-state index in [1.807, 2.05) is 19.1 Å². The van der Waals surface area contributed by atoms with Crippen LogP contribution in [0, 0.1) is 6.92 Å². The van der Waals surface area contributed by atoms with Crippen molar-refractivity contribution in [1.82, 2.24) is 15.3 Å². The maximum absolute atomic E-state index is 11.3. The van der Waals surface area contributed by atoms with Crippen molar-refractivity contribution in [1.29, 1.82) is 0 Å². The summed E-state index contributed by atoms with van der Waals surface area (Å²) < 4.78 is 0. The minimum atomic E-state index is 0.0883. The standard InChI is InChI=1S/C13H15N3OS/c1-9-13(10(2)17)18-12(16-9)8-15-7-11-3-5-14-6-4-11/h3-6,15H,7-8H2,1-2H3. The Bertz CT molecular complexity index is 536. The van der Waals surface area contributed by atoms with Crippen LogP contribution in [0.3, 0.4) is 0 Å². The number of hydrogen-bond donors (Lipinski definition) is 1. The first-order valence-corrected chi connectivity index (χ1v) is 6.55. The quantitative estimate of drug-likeness (QED) is 0.839. The molecule has 0 atom stereocenters. The van der Waals surface area contributed by atoms with E-state index in [0.717, 1.165) is 22.1 Å². The summed E-state index contributed by atoms with van der Waals surface area (Å²) in [5, 5.41) is 4.26. The first kappa shape index (κ1) is 12.9. The number of hydrogen-bond acceptors (Lipinski definition) is 5. The number of pyridine rings is 1.